The molecule has 2 saturated heterocycles. The summed E-state index contributed by atoms with van der Waals surface area (Å²) in [7, 11) is 0. The van der Waals surface area contributed by atoms with Crippen LogP contribution in [0, 0.1) is 0 Å². The molecule has 6 heteroatoms. The largest absolute Gasteiger partial charge is 0.398 e. The average molecular weight is 354 g/mol. The number of morpholine rings is 1. The van der Waals surface area contributed by atoms with Gasteiger partial charge in [-0.3, -0.25) is 9.69 Å². The van der Waals surface area contributed by atoms with Crippen molar-refractivity contribution in [3.63, 3.8) is 0 Å². The van der Waals surface area contributed by atoms with E-state index in [4.69, 9.17) is 10.5 Å². The maximum Gasteiger partial charge on any atom is 0.253 e. The quantitative estimate of drug-likeness (QED) is 0.820. The fourth-order valence-corrected chi connectivity index (χ4v) is 3.27. The molecule has 0 aromatic heterocycles. The van der Waals surface area contributed by atoms with E-state index in [0.717, 1.165) is 50.3 Å². The van der Waals surface area contributed by atoms with Gasteiger partial charge in [-0.25, -0.2) is 0 Å². The summed E-state index contributed by atoms with van der Waals surface area (Å²) in [6.07, 6.45) is 1.04. The highest BCUT2D eigenvalue weighted by atomic mass is 79.9. The first kappa shape index (κ1) is 14.8. The number of nitrogens with zero attached hydrogens (tertiary/aromatic N) is 2. The van der Waals surface area contributed by atoms with E-state index in [1.807, 2.05) is 17.0 Å². The van der Waals surface area contributed by atoms with Gasteiger partial charge in [-0.05, 0) is 40.5 Å². The zero-order chi connectivity index (χ0) is 14.8. The Morgan fingerprint density at radius 3 is 2.76 bits per heavy atom. The van der Waals surface area contributed by atoms with Crippen LogP contribution in [0.25, 0.3) is 0 Å². The van der Waals surface area contributed by atoms with Gasteiger partial charge in [0, 0.05) is 47.9 Å². The molecule has 1 aromatic carbocycles. The number of rotatable bonds is 2. The van der Waals surface area contributed by atoms with Gasteiger partial charge in [0.05, 0.1) is 13.2 Å². The van der Waals surface area contributed by atoms with Crippen LogP contribution in [0.1, 0.15) is 16.8 Å². The predicted molar refractivity (Wildman–Crippen MR) is 85.3 cm³/mol. The van der Waals surface area contributed by atoms with Gasteiger partial charge in [-0.15, -0.1) is 0 Å². The van der Waals surface area contributed by atoms with Gasteiger partial charge < -0.3 is 15.4 Å². The van der Waals surface area contributed by atoms with Crippen molar-refractivity contribution in [1.29, 1.82) is 0 Å². The number of nitrogen functional groups attached to an aromatic ring is 1. The first-order valence-electron chi connectivity index (χ1n) is 7.31. The molecule has 2 fully saturated rings. The van der Waals surface area contributed by atoms with Gasteiger partial charge in [-0.1, -0.05) is 0 Å². The average Bonchev–Trinajstić information content (AvgIpc) is 3.00. The van der Waals surface area contributed by atoms with Gasteiger partial charge in [0.2, 0.25) is 0 Å². The van der Waals surface area contributed by atoms with E-state index in [-0.39, 0.29) is 5.91 Å². The number of amides is 1. The maximum absolute atomic E-state index is 12.6. The van der Waals surface area contributed by atoms with Crippen molar-refractivity contribution in [3.8, 4) is 0 Å². The van der Waals surface area contributed by atoms with E-state index in [2.05, 4.69) is 20.8 Å². The number of likely N-dealkylation sites (tertiary alicyclic amines) is 1. The minimum atomic E-state index is 0.0740. The summed E-state index contributed by atoms with van der Waals surface area (Å²) in [4.78, 5) is 16.9. The number of hydrogen-bond acceptors (Lipinski definition) is 4. The Morgan fingerprint density at radius 2 is 2.05 bits per heavy atom. The monoisotopic (exact) mass is 353 g/mol. The molecule has 2 aliphatic heterocycles. The number of carbonyl (C=O) groups excluding carboxylic acids is 1. The molecule has 1 aromatic rings. The molecule has 0 spiro atoms. The number of hydrogen-bond donors (Lipinski definition) is 1. The number of ether oxygens (including phenoxy) is 1. The SMILES string of the molecule is Nc1cc(C(=O)N2CCC(N3CCOCC3)C2)ccc1Br. The van der Waals surface area contributed by atoms with Gasteiger partial charge in [0.25, 0.3) is 5.91 Å². The molecular weight excluding hydrogens is 334 g/mol. The second-order valence-corrected chi connectivity index (χ2v) is 6.43. The molecule has 114 valence electrons. The van der Waals surface area contributed by atoms with E-state index < -0.39 is 0 Å². The minimum absolute atomic E-state index is 0.0740. The zero-order valence-electron chi connectivity index (χ0n) is 11.9. The normalized spacial score (nSPS) is 23.5. The van der Waals surface area contributed by atoms with Gasteiger partial charge in [0.15, 0.2) is 0 Å². The zero-order valence-corrected chi connectivity index (χ0v) is 13.5. The maximum atomic E-state index is 12.6. The van der Waals surface area contributed by atoms with E-state index in [1.54, 1.807) is 6.07 Å². The number of benzene rings is 1. The van der Waals surface area contributed by atoms with E-state index in [0.29, 0.717) is 17.3 Å². The molecule has 21 heavy (non-hydrogen) atoms. The van der Waals surface area contributed by atoms with E-state index >= 15 is 0 Å². The van der Waals surface area contributed by atoms with Crippen LogP contribution >= 0.6 is 15.9 Å². The van der Waals surface area contributed by atoms with Crippen LogP contribution in [0.3, 0.4) is 0 Å². The first-order valence-corrected chi connectivity index (χ1v) is 8.10. The van der Waals surface area contributed by atoms with Crippen molar-refractivity contribution >= 4 is 27.5 Å². The Kier molecular flexibility index (Phi) is 4.47. The molecule has 1 atom stereocenters. The highest BCUT2D eigenvalue weighted by molar-refractivity contribution is 9.10. The molecule has 0 radical (unpaired) electrons. The smallest absolute Gasteiger partial charge is 0.253 e. The lowest BCUT2D eigenvalue weighted by Gasteiger charge is -2.32. The standard InChI is InChI=1S/C15H20BrN3O2/c16-13-2-1-11(9-14(13)17)15(20)19-4-3-12(10-19)18-5-7-21-8-6-18/h1-2,9,12H,3-8,10,17H2. The molecule has 0 saturated carbocycles. The van der Waals surface area contributed by atoms with Crippen molar-refractivity contribution in [3.05, 3.63) is 28.2 Å². The third kappa shape index (κ3) is 3.22. The van der Waals surface area contributed by atoms with Crippen molar-refractivity contribution in [2.24, 2.45) is 0 Å². The van der Waals surface area contributed by atoms with Crippen LogP contribution in [0.15, 0.2) is 22.7 Å². The molecule has 5 nitrogen and oxygen atoms in total. The number of anilines is 1. The molecule has 2 N–H and O–H groups in total. The van der Waals surface area contributed by atoms with E-state index in [1.165, 1.54) is 0 Å². The third-order valence-electron chi connectivity index (χ3n) is 4.26. The summed E-state index contributed by atoms with van der Waals surface area (Å²) in [6, 6.07) is 5.86. The van der Waals surface area contributed by atoms with Crippen LogP contribution in [0.2, 0.25) is 0 Å². The fourth-order valence-electron chi connectivity index (χ4n) is 3.03. The Labute approximate surface area is 133 Å². The Bertz CT molecular complexity index is 532. The Balaban J connectivity index is 1.64. The van der Waals surface area contributed by atoms with Crippen LogP contribution in [-0.2, 0) is 4.74 Å². The topological polar surface area (TPSA) is 58.8 Å². The summed E-state index contributed by atoms with van der Waals surface area (Å²) >= 11 is 3.36. The predicted octanol–water partition coefficient (Wildman–Crippen LogP) is 1.58. The summed E-state index contributed by atoms with van der Waals surface area (Å²) in [6.45, 7) is 5.16. The summed E-state index contributed by atoms with van der Waals surface area (Å²) in [5.41, 5.74) is 7.13. The van der Waals surface area contributed by atoms with Gasteiger partial charge in [-0.2, -0.15) is 0 Å². The Morgan fingerprint density at radius 1 is 1.29 bits per heavy atom. The number of carbonyl (C=O) groups is 1. The lowest BCUT2D eigenvalue weighted by molar-refractivity contribution is 0.0185. The molecule has 0 aliphatic carbocycles. The van der Waals surface area contributed by atoms with Gasteiger partial charge >= 0.3 is 0 Å². The van der Waals surface area contributed by atoms with E-state index in [9.17, 15) is 4.79 Å². The summed E-state index contributed by atoms with van der Waals surface area (Å²) < 4.78 is 6.21. The van der Waals surface area contributed by atoms with Crippen molar-refractivity contribution < 1.29 is 9.53 Å². The summed E-state index contributed by atoms with van der Waals surface area (Å²) in [5.74, 6) is 0.0740. The Hall–Kier alpha value is -1.11. The molecule has 2 heterocycles. The lowest BCUT2D eigenvalue weighted by Crippen LogP contribution is -2.45. The van der Waals surface area contributed by atoms with Crippen molar-refractivity contribution in [2.75, 3.05) is 45.1 Å². The second-order valence-electron chi connectivity index (χ2n) is 5.58. The lowest BCUT2D eigenvalue weighted by atomic mass is 10.2. The van der Waals surface area contributed by atoms with Crippen LogP contribution in [0.5, 0.6) is 0 Å². The fraction of sp³-hybridized carbons (Fsp3) is 0.533. The minimum Gasteiger partial charge on any atom is -0.398 e. The second kappa shape index (κ2) is 6.34. The highest BCUT2D eigenvalue weighted by Crippen LogP contribution is 2.23. The first-order chi connectivity index (χ1) is 10.1. The number of halogens is 1. The molecule has 2 aliphatic rings. The highest BCUT2D eigenvalue weighted by Gasteiger charge is 2.31. The van der Waals surface area contributed by atoms with Crippen LogP contribution < -0.4 is 5.73 Å². The molecular formula is C15H20BrN3O2. The molecule has 3 rings (SSSR count). The van der Waals surface area contributed by atoms with Gasteiger partial charge in [0.1, 0.15) is 0 Å². The van der Waals surface area contributed by atoms with Crippen molar-refractivity contribution in [1.82, 2.24) is 9.80 Å². The summed E-state index contributed by atoms with van der Waals surface area (Å²) in [5, 5.41) is 0. The van der Waals surface area contributed by atoms with Crippen LogP contribution in [-0.4, -0.2) is 61.1 Å². The molecule has 1 amide bonds. The molecule has 0 bridgehead atoms. The van der Waals surface area contributed by atoms with Crippen LogP contribution in [0.4, 0.5) is 5.69 Å². The van der Waals surface area contributed by atoms with Crippen molar-refractivity contribution in [2.45, 2.75) is 12.5 Å². The third-order valence-corrected chi connectivity index (χ3v) is 4.98. The number of nitrogens with two attached hydrogens (primary N) is 1. The molecule has 1 unspecified atom stereocenters.